The zero-order chi connectivity index (χ0) is 25.6. The number of nitrogen functional groups attached to an aromatic ring is 1. The molecule has 5 rings (SSSR count). The van der Waals surface area contributed by atoms with Gasteiger partial charge >= 0.3 is 0 Å². The van der Waals surface area contributed by atoms with Gasteiger partial charge in [0.25, 0.3) is 0 Å². The maximum absolute atomic E-state index is 5.78. The minimum absolute atomic E-state index is 0.703. The Morgan fingerprint density at radius 1 is 0.838 bits per heavy atom. The van der Waals surface area contributed by atoms with Crippen LogP contribution in [0.2, 0.25) is 0 Å². The van der Waals surface area contributed by atoms with Gasteiger partial charge in [-0.05, 0) is 91.7 Å². The Balaban J connectivity index is 1.18. The fourth-order valence-electron chi connectivity index (χ4n) is 4.58. The number of nitrogens with zero attached hydrogens (tertiary/aromatic N) is 4. The normalized spacial score (nSPS) is 11.3. The lowest BCUT2D eigenvalue weighted by Crippen LogP contribution is -2.19. The van der Waals surface area contributed by atoms with Crippen LogP contribution in [0.4, 0.5) is 5.69 Å². The molecule has 0 aliphatic heterocycles. The Labute approximate surface area is 218 Å². The molecule has 0 aliphatic carbocycles. The predicted octanol–water partition coefficient (Wildman–Crippen LogP) is 5.64. The first-order valence-electron chi connectivity index (χ1n) is 12.7. The molecule has 0 saturated carbocycles. The van der Waals surface area contributed by atoms with Crippen LogP contribution in [0, 0.1) is 0 Å². The molecule has 0 aliphatic rings. The fraction of sp³-hybridized carbons (Fsp3) is 0.226. The number of methoxy groups -OCH3 is 1. The minimum Gasteiger partial charge on any atom is -0.497 e. The molecule has 2 heterocycles. The van der Waals surface area contributed by atoms with Gasteiger partial charge in [-0.15, -0.1) is 0 Å². The summed E-state index contributed by atoms with van der Waals surface area (Å²) >= 11 is 0. The summed E-state index contributed by atoms with van der Waals surface area (Å²) in [6, 6.07) is 31.1. The highest BCUT2D eigenvalue weighted by Crippen LogP contribution is 2.23. The zero-order valence-electron chi connectivity index (χ0n) is 21.5. The van der Waals surface area contributed by atoms with E-state index in [0.717, 1.165) is 60.1 Å². The van der Waals surface area contributed by atoms with E-state index in [1.165, 1.54) is 16.7 Å². The highest BCUT2D eigenvalue weighted by Gasteiger charge is 2.10. The molecule has 188 valence electrons. The molecule has 2 N–H and O–H groups in total. The Hall–Kier alpha value is -4.16. The summed E-state index contributed by atoms with van der Waals surface area (Å²) in [6.07, 6.45) is 2.88. The van der Waals surface area contributed by atoms with Crippen molar-refractivity contribution in [2.24, 2.45) is 0 Å². The van der Waals surface area contributed by atoms with Crippen molar-refractivity contribution in [3.05, 3.63) is 114 Å². The Bertz CT molecular complexity index is 1440. The summed E-state index contributed by atoms with van der Waals surface area (Å²) in [5.41, 5.74) is 13.4. The monoisotopic (exact) mass is 491 g/mol. The fourth-order valence-corrected chi connectivity index (χ4v) is 4.58. The molecule has 0 amide bonds. The van der Waals surface area contributed by atoms with Gasteiger partial charge in [0, 0.05) is 24.2 Å². The van der Waals surface area contributed by atoms with Crippen LogP contribution in [0.1, 0.15) is 28.9 Å². The number of rotatable bonds is 10. The van der Waals surface area contributed by atoms with Gasteiger partial charge in [-0.25, -0.2) is 9.50 Å². The Morgan fingerprint density at radius 3 is 2.27 bits per heavy atom. The quantitative estimate of drug-likeness (QED) is 0.256. The number of aryl methyl sites for hydroxylation is 1. The third-order valence-corrected chi connectivity index (χ3v) is 6.61. The average molecular weight is 492 g/mol. The van der Waals surface area contributed by atoms with Crippen LogP contribution in [-0.2, 0) is 19.4 Å². The minimum atomic E-state index is 0.703. The Morgan fingerprint density at radius 2 is 1.54 bits per heavy atom. The Kier molecular flexibility index (Phi) is 7.47. The molecular weight excluding hydrogens is 458 g/mol. The van der Waals surface area contributed by atoms with E-state index in [-0.39, 0.29) is 0 Å². The third kappa shape index (κ3) is 6.16. The second-order valence-electron chi connectivity index (χ2n) is 9.51. The topological polar surface area (TPSA) is 68.7 Å². The van der Waals surface area contributed by atoms with Crippen molar-refractivity contribution in [1.29, 1.82) is 0 Å². The predicted molar refractivity (Wildman–Crippen MR) is 150 cm³/mol. The van der Waals surface area contributed by atoms with Crippen LogP contribution >= 0.6 is 0 Å². The van der Waals surface area contributed by atoms with Crippen molar-refractivity contribution >= 4 is 11.3 Å². The van der Waals surface area contributed by atoms with Gasteiger partial charge in [0.1, 0.15) is 5.75 Å². The maximum atomic E-state index is 5.78. The third-order valence-electron chi connectivity index (χ3n) is 6.61. The van der Waals surface area contributed by atoms with Crippen LogP contribution in [0.15, 0.2) is 91.0 Å². The first-order chi connectivity index (χ1) is 18.1. The van der Waals surface area contributed by atoms with E-state index in [4.69, 9.17) is 20.6 Å². The number of benzene rings is 3. The van der Waals surface area contributed by atoms with Crippen molar-refractivity contribution in [2.75, 3.05) is 26.4 Å². The molecule has 0 fully saturated rings. The van der Waals surface area contributed by atoms with E-state index in [1.54, 1.807) is 7.11 Å². The number of fused-ring (bicyclic) bond motifs is 1. The summed E-state index contributed by atoms with van der Waals surface area (Å²) in [4.78, 5) is 7.13. The van der Waals surface area contributed by atoms with E-state index in [1.807, 2.05) is 53.0 Å². The van der Waals surface area contributed by atoms with E-state index in [9.17, 15) is 0 Å². The van der Waals surface area contributed by atoms with Crippen LogP contribution < -0.4 is 10.5 Å². The van der Waals surface area contributed by atoms with Crippen molar-refractivity contribution in [3.63, 3.8) is 0 Å². The molecule has 0 unspecified atom stereocenters. The van der Waals surface area contributed by atoms with Crippen LogP contribution in [0.5, 0.6) is 5.75 Å². The molecule has 0 radical (unpaired) electrons. The summed E-state index contributed by atoms with van der Waals surface area (Å²) in [7, 11) is 3.84. The molecule has 0 spiro atoms. The molecule has 3 aromatic carbocycles. The van der Waals surface area contributed by atoms with Gasteiger partial charge in [0.2, 0.25) is 0 Å². The largest absolute Gasteiger partial charge is 0.497 e. The van der Waals surface area contributed by atoms with Gasteiger partial charge in [0.15, 0.2) is 11.5 Å². The molecule has 2 aromatic heterocycles. The van der Waals surface area contributed by atoms with Gasteiger partial charge in [-0.1, -0.05) is 42.5 Å². The number of aromatic nitrogens is 3. The number of pyridine rings is 1. The second-order valence-corrected chi connectivity index (χ2v) is 9.51. The van der Waals surface area contributed by atoms with Gasteiger partial charge in [0.05, 0.1) is 12.8 Å². The molecule has 0 saturated heterocycles. The maximum Gasteiger partial charge on any atom is 0.156 e. The summed E-state index contributed by atoms with van der Waals surface area (Å²) in [6.45, 7) is 1.99. The van der Waals surface area contributed by atoms with Crippen molar-refractivity contribution in [3.8, 4) is 17.0 Å². The number of hydrogen-bond donors (Lipinski definition) is 1. The number of anilines is 1. The van der Waals surface area contributed by atoms with E-state index < -0.39 is 0 Å². The molecule has 37 heavy (non-hydrogen) atoms. The SMILES string of the molecule is COc1ccc(-c2cccc3nc(Cc4ccc(CCCN(C)Cc5ccc(N)cc5)cc4)nn23)cc1. The molecule has 5 aromatic rings. The molecule has 6 nitrogen and oxygen atoms in total. The van der Waals surface area contributed by atoms with Gasteiger partial charge in [-0.3, -0.25) is 0 Å². The first kappa shape index (κ1) is 24.5. The lowest BCUT2D eigenvalue weighted by molar-refractivity contribution is 0.322. The van der Waals surface area contributed by atoms with E-state index in [2.05, 4.69) is 54.4 Å². The lowest BCUT2D eigenvalue weighted by Gasteiger charge is -2.16. The van der Waals surface area contributed by atoms with Gasteiger partial charge in [-0.2, -0.15) is 5.10 Å². The number of hydrogen-bond acceptors (Lipinski definition) is 5. The first-order valence-corrected chi connectivity index (χ1v) is 12.7. The number of ether oxygens (including phenoxy) is 1. The highest BCUT2D eigenvalue weighted by atomic mass is 16.5. The zero-order valence-corrected chi connectivity index (χ0v) is 21.5. The van der Waals surface area contributed by atoms with Crippen LogP contribution in [0.25, 0.3) is 16.9 Å². The summed E-state index contributed by atoms with van der Waals surface area (Å²) < 4.78 is 7.21. The van der Waals surface area contributed by atoms with Crippen molar-refractivity contribution in [2.45, 2.75) is 25.8 Å². The second kappa shape index (κ2) is 11.3. The lowest BCUT2D eigenvalue weighted by atomic mass is 10.1. The smallest absolute Gasteiger partial charge is 0.156 e. The number of nitrogens with two attached hydrogens (primary N) is 1. The molecule has 6 heteroatoms. The van der Waals surface area contributed by atoms with Crippen LogP contribution in [0.3, 0.4) is 0 Å². The van der Waals surface area contributed by atoms with Crippen molar-refractivity contribution < 1.29 is 4.74 Å². The highest BCUT2D eigenvalue weighted by molar-refractivity contribution is 5.63. The van der Waals surface area contributed by atoms with E-state index >= 15 is 0 Å². The van der Waals surface area contributed by atoms with E-state index in [0.29, 0.717) is 6.42 Å². The molecular formula is C31H33N5O. The standard InChI is InChI=1S/C31H33N5O/c1-35(22-25-12-16-27(32)17-13-25)20-4-5-23-8-10-24(11-9-23)21-30-33-31-7-3-6-29(36(31)34-30)26-14-18-28(37-2)19-15-26/h3,6-19H,4-5,20-22,32H2,1-2H3. The van der Waals surface area contributed by atoms with Crippen LogP contribution in [-0.4, -0.2) is 40.2 Å². The summed E-state index contributed by atoms with van der Waals surface area (Å²) in [5, 5.41) is 4.82. The average Bonchev–Trinajstić information content (AvgIpc) is 3.34. The molecule has 0 atom stereocenters. The molecule has 0 bridgehead atoms. The summed E-state index contributed by atoms with van der Waals surface area (Å²) in [5.74, 6) is 1.65. The van der Waals surface area contributed by atoms with Gasteiger partial charge < -0.3 is 15.4 Å². The van der Waals surface area contributed by atoms with Crippen molar-refractivity contribution in [1.82, 2.24) is 19.5 Å².